The Bertz CT molecular complexity index is 1820. The summed E-state index contributed by atoms with van der Waals surface area (Å²) in [7, 11) is -10.9. The fraction of sp³-hybridized carbons (Fsp3) is 0.684. The van der Waals surface area contributed by atoms with Crippen molar-refractivity contribution in [1.82, 2.24) is 0 Å². The Morgan fingerprint density at radius 1 is 0.420 bits per heavy atom. The van der Waals surface area contributed by atoms with Gasteiger partial charge in [0.15, 0.2) is 0 Å². The molecule has 2 aromatic carbocycles. The molecule has 0 amide bonds. The lowest BCUT2D eigenvalue weighted by atomic mass is 9.24. The zero-order valence-corrected chi connectivity index (χ0v) is 30.5. The van der Waals surface area contributed by atoms with Gasteiger partial charge in [-0.05, 0) is 156 Å². The van der Waals surface area contributed by atoms with Crippen LogP contribution in [0.1, 0.15) is 116 Å². The molecule has 8 aliphatic carbocycles. The van der Waals surface area contributed by atoms with E-state index in [1.807, 2.05) is 0 Å². The first kappa shape index (κ1) is 35.0. The quantitative estimate of drug-likeness (QED) is 0.286. The molecule has 0 aliphatic heterocycles. The van der Waals surface area contributed by atoms with Crippen molar-refractivity contribution in [3.05, 3.63) is 59.7 Å². The second-order valence-electron chi connectivity index (χ2n) is 19.4. The second kappa shape index (κ2) is 9.52. The van der Waals surface area contributed by atoms with E-state index >= 15 is 0 Å². The molecule has 4 atom stereocenters. The van der Waals surface area contributed by atoms with Crippen molar-refractivity contribution >= 4 is 19.7 Å². The molecular formula is C38H44F6O4S2. The van der Waals surface area contributed by atoms with Crippen molar-refractivity contribution in [3.63, 3.8) is 0 Å². The fourth-order valence-electron chi connectivity index (χ4n) is 15.4. The molecule has 274 valence electrons. The Balaban J connectivity index is 1.23. The van der Waals surface area contributed by atoms with Crippen LogP contribution in [0.5, 0.6) is 0 Å². The molecule has 0 heterocycles. The van der Waals surface area contributed by atoms with E-state index in [-0.39, 0.29) is 43.3 Å². The van der Waals surface area contributed by atoms with Gasteiger partial charge in [-0.15, -0.1) is 0 Å². The SMILES string of the molecule is CC12CC3(C)CC(c4ccc(S(=O)(=O)C(F)(F)F)cc4)(C1)CC(C14CC5(C)CC(C)(CC(c6ccc(S(=O)(=O)C(F)(F)F)cc6)(C5)C1)C4)(C2)C3. The van der Waals surface area contributed by atoms with Crippen molar-refractivity contribution in [2.45, 2.75) is 136 Å². The number of sulfone groups is 2. The summed E-state index contributed by atoms with van der Waals surface area (Å²) < 4.78 is 129. The first-order chi connectivity index (χ1) is 22.7. The number of rotatable bonds is 5. The molecule has 8 aliphatic rings. The molecular weight excluding hydrogens is 699 g/mol. The highest BCUT2D eigenvalue weighted by atomic mass is 32.2. The molecule has 4 unspecified atom stereocenters. The van der Waals surface area contributed by atoms with Crippen molar-refractivity contribution in [3.8, 4) is 0 Å². The Hall–Kier alpha value is -2.08. The monoisotopic (exact) mass is 742 g/mol. The van der Waals surface area contributed by atoms with E-state index in [1.54, 1.807) is 24.3 Å². The molecule has 12 heteroatoms. The predicted molar refractivity (Wildman–Crippen MR) is 175 cm³/mol. The standard InChI is InChI=1S/C38H44F6O4S2/c1-29-13-30(2)16-33(15-29,25-5-9-27(10-6-25)49(45,46)37(39,40)41)23-35(19-29,20-30)36-21-31(3)14-32(4,22-36)18-34(17-31,24-36)26-7-11-28(12-8-26)50(47,48)38(42,43)44/h5-12H,13-24H2,1-4H3. The van der Waals surface area contributed by atoms with Gasteiger partial charge in [-0.2, -0.15) is 26.3 Å². The lowest BCUT2D eigenvalue weighted by molar-refractivity contribution is -0.275. The fourth-order valence-corrected chi connectivity index (χ4v) is 16.9. The minimum absolute atomic E-state index is 0.0217. The van der Waals surface area contributed by atoms with E-state index in [0.717, 1.165) is 112 Å². The topological polar surface area (TPSA) is 68.3 Å². The minimum atomic E-state index is -5.47. The van der Waals surface area contributed by atoms with E-state index in [4.69, 9.17) is 0 Å². The molecule has 2 aromatic rings. The van der Waals surface area contributed by atoms with Crippen LogP contribution in [0.4, 0.5) is 26.3 Å². The van der Waals surface area contributed by atoms with Gasteiger partial charge >= 0.3 is 11.0 Å². The third kappa shape index (κ3) is 4.67. The molecule has 8 saturated carbocycles. The maximum atomic E-state index is 13.4. The zero-order chi connectivity index (χ0) is 36.5. The number of hydrogen-bond acceptors (Lipinski definition) is 4. The Kier molecular flexibility index (Phi) is 6.66. The molecule has 0 aromatic heterocycles. The van der Waals surface area contributed by atoms with Crippen LogP contribution < -0.4 is 0 Å². The molecule has 0 radical (unpaired) electrons. The van der Waals surface area contributed by atoms with Gasteiger partial charge in [0.1, 0.15) is 0 Å². The summed E-state index contributed by atoms with van der Waals surface area (Å²) >= 11 is 0. The Labute approximate surface area is 290 Å². The summed E-state index contributed by atoms with van der Waals surface area (Å²) in [6.07, 6.45) is 11.5. The summed E-state index contributed by atoms with van der Waals surface area (Å²) in [5, 5.41) is 0. The summed E-state index contributed by atoms with van der Waals surface area (Å²) in [4.78, 5) is -1.49. The van der Waals surface area contributed by atoms with Crippen LogP contribution in [0.2, 0.25) is 0 Å². The first-order valence-corrected chi connectivity index (χ1v) is 20.5. The summed E-state index contributed by atoms with van der Waals surface area (Å²) in [6.45, 7) is 9.42. The molecule has 10 rings (SSSR count). The van der Waals surface area contributed by atoms with Crippen molar-refractivity contribution in [2.24, 2.45) is 32.5 Å². The highest BCUT2D eigenvalue weighted by molar-refractivity contribution is 7.92. The summed E-state index contributed by atoms with van der Waals surface area (Å²) in [5.74, 6) is 0. The van der Waals surface area contributed by atoms with Crippen molar-refractivity contribution < 1.29 is 43.2 Å². The average Bonchev–Trinajstić information content (AvgIpc) is 2.92. The lowest BCUT2D eigenvalue weighted by Gasteiger charge is -2.80. The lowest BCUT2D eigenvalue weighted by Crippen LogP contribution is -2.71. The Morgan fingerprint density at radius 3 is 0.920 bits per heavy atom. The molecule has 0 spiro atoms. The third-order valence-electron chi connectivity index (χ3n) is 14.5. The first-order valence-electron chi connectivity index (χ1n) is 17.5. The Morgan fingerprint density at radius 2 is 0.680 bits per heavy atom. The zero-order valence-electron chi connectivity index (χ0n) is 28.8. The van der Waals surface area contributed by atoms with Gasteiger partial charge in [-0.25, -0.2) is 16.8 Å². The molecule has 8 fully saturated rings. The van der Waals surface area contributed by atoms with Gasteiger partial charge in [0.25, 0.3) is 19.7 Å². The maximum absolute atomic E-state index is 13.4. The molecule has 0 saturated heterocycles. The van der Waals surface area contributed by atoms with Crippen LogP contribution in [0.25, 0.3) is 0 Å². The van der Waals surface area contributed by atoms with Gasteiger partial charge in [0.2, 0.25) is 0 Å². The number of alkyl halides is 6. The average molecular weight is 743 g/mol. The van der Waals surface area contributed by atoms with Crippen LogP contribution in [-0.4, -0.2) is 27.9 Å². The molecule has 8 bridgehead atoms. The third-order valence-corrected chi connectivity index (χ3v) is 17.5. The number of hydrogen-bond donors (Lipinski definition) is 0. The highest BCUT2D eigenvalue weighted by Gasteiger charge is 2.76. The van der Waals surface area contributed by atoms with Crippen LogP contribution in [0.3, 0.4) is 0 Å². The smallest absolute Gasteiger partial charge is 0.214 e. The van der Waals surface area contributed by atoms with E-state index in [9.17, 15) is 43.2 Å². The van der Waals surface area contributed by atoms with Gasteiger partial charge in [0.05, 0.1) is 9.79 Å². The molecule has 0 N–H and O–H groups in total. The van der Waals surface area contributed by atoms with Crippen LogP contribution >= 0.6 is 0 Å². The van der Waals surface area contributed by atoms with Gasteiger partial charge in [0, 0.05) is 0 Å². The van der Waals surface area contributed by atoms with Gasteiger partial charge in [-0.1, -0.05) is 52.0 Å². The van der Waals surface area contributed by atoms with Gasteiger partial charge in [-0.3, -0.25) is 0 Å². The second-order valence-corrected chi connectivity index (χ2v) is 23.3. The molecule has 50 heavy (non-hydrogen) atoms. The highest BCUT2D eigenvalue weighted by Crippen LogP contribution is 2.85. The van der Waals surface area contributed by atoms with Crippen LogP contribution in [0, 0.1) is 32.5 Å². The summed E-state index contributed by atoms with van der Waals surface area (Å²) in [5.41, 5.74) is -9.91. The van der Waals surface area contributed by atoms with E-state index in [0.29, 0.717) is 0 Å². The predicted octanol–water partition coefficient (Wildman–Crippen LogP) is 10.2. The maximum Gasteiger partial charge on any atom is 0.501 e. The van der Waals surface area contributed by atoms with Crippen molar-refractivity contribution in [2.75, 3.05) is 0 Å². The summed E-state index contributed by atoms with van der Waals surface area (Å²) in [6, 6.07) is 11.0. The van der Waals surface area contributed by atoms with Gasteiger partial charge < -0.3 is 0 Å². The van der Waals surface area contributed by atoms with Crippen LogP contribution in [0.15, 0.2) is 58.3 Å². The normalized spacial score (nSPS) is 43.8. The largest absolute Gasteiger partial charge is 0.501 e. The van der Waals surface area contributed by atoms with E-state index < -0.39 is 40.5 Å². The minimum Gasteiger partial charge on any atom is -0.214 e. The van der Waals surface area contributed by atoms with Crippen molar-refractivity contribution in [1.29, 1.82) is 0 Å². The van der Waals surface area contributed by atoms with E-state index in [1.165, 1.54) is 0 Å². The number of halogens is 6. The molecule has 4 nitrogen and oxygen atoms in total. The van der Waals surface area contributed by atoms with E-state index in [2.05, 4.69) is 27.7 Å². The van der Waals surface area contributed by atoms with Crippen LogP contribution in [-0.2, 0) is 30.5 Å². The number of benzene rings is 2.